The van der Waals surface area contributed by atoms with E-state index in [4.69, 9.17) is 9.47 Å². The molecule has 2 aliphatic heterocycles. The van der Waals surface area contributed by atoms with E-state index in [-0.39, 0.29) is 25.1 Å². The first-order chi connectivity index (χ1) is 15.1. The van der Waals surface area contributed by atoms with Gasteiger partial charge in [0.15, 0.2) is 12.5 Å². The number of carbonyl (C=O) groups is 2. The Morgan fingerprint density at radius 1 is 1.10 bits per heavy atom. The Morgan fingerprint density at radius 2 is 1.90 bits per heavy atom. The molecule has 0 bridgehead atoms. The minimum absolute atomic E-state index is 0.0146. The minimum Gasteiger partial charge on any atom is -0.465 e. The first kappa shape index (κ1) is 21.7. The fourth-order valence-electron chi connectivity index (χ4n) is 4.82. The van der Waals surface area contributed by atoms with Crippen LogP contribution in [0.1, 0.15) is 44.1 Å². The summed E-state index contributed by atoms with van der Waals surface area (Å²) < 4.78 is 24.3. The third-order valence-corrected chi connectivity index (χ3v) is 6.42. The number of urea groups is 2. The molecule has 4 rings (SSSR count). The number of nitrogens with zero attached hydrogens (tertiary/aromatic N) is 1. The van der Waals surface area contributed by atoms with Crippen LogP contribution in [0, 0.1) is 17.7 Å². The number of piperidine rings is 1. The monoisotopic (exact) mass is 434 g/mol. The van der Waals surface area contributed by atoms with Crippen LogP contribution in [0.2, 0.25) is 0 Å². The van der Waals surface area contributed by atoms with Crippen molar-refractivity contribution in [2.24, 2.45) is 11.8 Å². The molecular formula is C22H31FN4O4. The van der Waals surface area contributed by atoms with Gasteiger partial charge in [0, 0.05) is 37.8 Å². The third kappa shape index (κ3) is 5.58. The van der Waals surface area contributed by atoms with Crippen molar-refractivity contribution >= 4 is 17.7 Å². The van der Waals surface area contributed by atoms with Crippen LogP contribution in [0.25, 0.3) is 0 Å². The molecule has 2 fully saturated rings. The normalized spacial score (nSPS) is 22.5. The Kier molecular flexibility index (Phi) is 7.11. The molecule has 2 heterocycles. The smallest absolute Gasteiger partial charge is 0.319 e. The predicted molar refractivity (Wildman–Crippen MR) is 113 cm³/mol. The summed E-state index contributed by atoms with van der Waals surface area (Å²) in [5.41, 5.74) is 0.830. The molecule has 170 valence electrons. The topological polar surface area (TPSA) is 91.9 Å². The maximum Gasteiger partial charge on any atom is 0.319 e. The predicted octanol–water partition coefficient (Wildman–Crippen LogP) is 3.43. The first-order valence-electron chi connectivity index (χ1n) is 11.2. The van der Waals surface area contributed by atoms with E-state index >= 15 is 0 Å². The number of hydrogen-bond acceptors (Lipinski definition) is 4. The number of carbonyl (C=O) groups excluding carboxylic acids is 2. The summed E-state index contributed by atoms with van der Waals surface area (Å²) in [6.07, 6.45) is 6.87. The highest BCUT2D eigenvalue weighted by atomic mass is 19.1. The molecule has 1 aromatic rings. The molecule has 8 nitrogen and oxygen atoms in total. The van der Waals surface area contributed by atoms with Crippen molar-refractivity contribution in [1.82, 2.24) is 15.5 Å². The van der Waals surface area contributed by atoms with Crippen LogP contribution >= 0.6 is 0 Å². The lowest BCUT2D eigenvalue weighted by Gasteiger charge is -2.41. The summed E-state index contributed by atoms with van der Waals surface area (Å²) >= 11 is 0. The zero-order valence-electron chi connectivity index (χ0n) is 17.8. The molecule has 3 aliphatic rings. The molecule has 0 aromatic heterocycles. The number of hydrogen-bond donors (Lipinski definition) is 3. The number of anilines is 1. The first-order valence-corrected chi connectivity index (χ1v) is 11.2. The van der Waals surface area contributed by atoms with Crippen molar-refractivity contribution in [1.29, 1.82) is 0 Å². The van der Waals surface area contributed by atoms with Gasteiger partial charge in [-0.15, -0.1) is 0 Å². The van der Waals surface area contributed by atoms with Gasteiger partial charge in [0.25, 0.3) is 0 Å². The molecule has 31 heavy (non-hydrogen) atoms. The fourth-order valence-corrected chi connectivity index (χ4v) is 4.82. The van der Waals surface area contributed by atoms with E-state index in [0.29, 0.717) is 36.7 Å². The summed E-state index contributed by atoms with van der Waals surface area (Å²) in [6.45, 7) is 2.87. The van der Waals surface area contributed by atoms with Gasteiger partial charge in [-0.3, -0.25) is 0 Å². The maximum atomic E-state index is 13.8. The van der Waals surface area contributed by atoms with E-state index in [9.17, 15) is 14.0 Å². The molecule has 1 aromatic carbocycles. The molecule has 2 unspecified atom stereocenters. The molecule has 1 saturated carbocycles. The van der Waals surface area contributed by atoms with Crippen molar-refractivity contribution < 1.29 is 23.5 Å². The Bertz CT molecular complexity index is 806. The highest BCUT2D eigenvalue weighted by molar-refractivity contribution is 5.91. The quantitative estimate of drug-likeness (QED) is 0.619. The molecule has 3 N–H and O–H groups in total. The lowest BCUT2D eigenvalue weighted by molar-refractivity contribution is -0.0160. The van der Waals surface area contributed by atoms with Crippen molar-refractivity contribution in [3.8, 4) is 5.75 Å². The van der Waals surface area contributed by atoms with E-state index in [1.165, 1.54) is 37.8 Å². The average Bonchev–Trinajstić information content (AvgIpc) is 2.78. The standard InChI is InChI=1S/C22H31FN4O4/c23-18-10-17-13-30-14-31-20(17)19(11-18)26-21(28)24-7-3-8-25-22(29)27-9-6-15-4-1-2-5-16(15)12-27/h10-11,15-16H,1-9,12-14H2,(H,25,29)(H2,24,26,28). The van der Waals surface area contributed by atoms with Crippen molar-refractivity contribution in [3.63, 3.8) is 0 Å². The molecule has 1 saturated heterocycles. The minimum atomic E-state index is -0.469. The Morgan fingerprint density at radius 3 is 2.77 bits per heavy atom. The second-order valence-electron chi connectivity index (χ2n) is 8.56. The highest BCUT2D eigenvalue weighted by Gasteiger charge is 2.32. The van der Waals surface area contributed by atoms with Crippen LogP contribution in [0.5, 0.6) is 5.75 Å². The van der Waals surface area contributed by atoms with Crippen LogP contribution in [0.4, 0.5) is 19.7 Å². The molecule has 0 radical (unpaired) electrons. The number of fused-ring (bicyclic) bond motifs is 2. The summed E-state index contributed by atoms with van der Waals surface area (Å²) in [5.74, 6) is 1.41. The Hall–Kier alpha value is -2.55. The van der Waals surface area contributed by atoms with Crippen LogP contribution in [0.15, 0.2) is 12.1 Å². The number of benzene rings is 1. The third-order valence-electron chi connectivity index (χ3n) is 6.42. The van der Waals surface area contributed by atoms with Crippen molar-refractivity contribution in [2.75, 3.05) is 38.3 Å². The number of amides is 4. The zero-order valence-corrected chi connectivity index (χ0v) is 17.8. The summed E-state index contributed by atoms with van der Waals surface area (Å²) in [6, 6.07) is 2.09. The molecule has 9 heteroatoms. The zero-order chi connectivity index (χ0) is 21.6. The molecule has 2 atom stereocenters. The lowest BCUT2D eigenvalue weighted by Crippen LogP contribution is -2.49. The maximum absolute atomic E-state index is 13.8. The number of ether oxygens (including phenoxy) is 2. The van der Waals surface area contributed by atoms with Crippen LogP contribution in [-0.4, -0.2) is 49.9 Å². The summed E-state index contributed by atoms with van der Waals surface area (Å²) in [5, 5.41) is 8.30. The van der Waals surface area contributed by atoms with Gasteiger partial charge in [-0.25, -0.2) is 14.0 Å². The van der Waals surface area contributed by atoms with Gasteiger partial charge >= 0.3 is 12.1 Å². The largest absolute Gasteiger partial charge is 0.465 e. The Labute approximate surface area is 181 Å². The van der Waals surface area contributed by atoms with Gasteiger partial charge in [0.1, 0.15) is 5.82 Å². The van der Waals surface area contributed by atoms with Gasteiger partial charge < -0.3 is 30.3 Å². The number of likely N-dealkylation sites (tertiary alicyclic amines) is 1. The average molecular weight is 435 g/mol. The van der Waals surface area contributed by atoms with E-state index in [1.54, 1.807) is 0 Å². The highest BCUT2D eigenvalue weighted by Crippen LogP contribution is 2.36. The van der Waals surface area contributed by atoms with Crippen LogP contribution in [0.3, 0.4) is 0 Å². The number of rotatable bonds is 5. The van der Waals surface area contributed by atoms with E-state index in [0.717, 1.165) is 25.4 Å². The Balaban J connectivity index is 1.15. The molecule has 0 spiro atoms. The van der Waals surface area contributed by atoms with Crippen molar-refractivity contribution in [2.45, 2.75) is 45.1 Å². The second kappa shape index (κ2) is 10.2. The summed E-state index contributed by atoms with van der Waals surface area (Å²) in [7, 11) is 0. The number of halogens is 1. The molecule has 1 aliphatic carbocycles. The van der Waals surface area contributed by atoms with Crippen molar-refractivity contribution in [3.05, 3.63) is 23.5 Å². The SMILES string of the molecule is O=C(NCCCNC(=O)N1CCC2CCCCC2C1)Nc1cc(F)cc2c1OCOC2. The fraction of sp³-hybridized carbons (Fsp3) is 0.636. The number of nitrogens with one attached hydrogen (secondary N) is 3. The van der Waals surface area contributed by atoms with E-state index < -0.39 is 11.8 Å². The van der Waals surface area contributed by atoms with Gasteiger partial charge in [0.2, 0.25) is 0 Å². The summed E-state index contributed by atoms with van der Waals surface area (Å²) in [4.78, 5) is 26.5. The molecule has 4 amide bonds. The van der Waals surface area contributed by atoms with Gasteiger partial charge in [-0.05, 0) is 37.2 Å². The van der Waals surface area contributed by atoms with Gasteiger partial charge in [0.05, 0.1) is 12.3 Å². The van der Waals surface area contributed by atoms with E-state index in [2.05, 4.69) is 16.0 Å². The van der Waals surface area contributed by atoms with Gasteiger partial charge in [-0.2, -0.15) is 0 Å². The van der Waals surface area contributed by atoms with E-state index in [1.807, 2.05) is 4.90 Å². The van der Waals surface area contributed by atoms with Crippen LogP contribution in [-0.2, 0) is 11.3 Å². The molecular weight excluding hydrogens is 403 g/mol. The second-order valence-corrected chi connectivity index (χ2v) is 8.56. The van der Waals surface area contributed by atoms with Gasteiger partial charge in [-0.1, -0.05) is 19.3 Å². The lowest BCUT2D eigenvalue weighted by atomic mass is 9.75. The van der Waals surface area contributed by atoms with Crippen LogP contribution < -0.4 is 20.7 Å².